The summed E-state index contributed by atoms with van der Waals surface area (Å²) < 4.78 is 41.5. The summed E-state index contributed by atoms with van der Waals surface area (Å²) in [5.74, 6) is -1.03. The van der Waals surface area contributed by atoms with Crippen molar-refractivity contribution in [2.24, 2.45) is 5.92 Å². The number of halogens is 1. The van der Waals surface area contributed by atoms with Crippen LogP contribution >= 0.6 is 0 Å². The van der Waals surface area contributed by atoms with Crippen LogP contribution in [0.2, 0.25) is 0 Å². The van der Waals surface area contributed by atoms with E-state index in [2.05, 4.69) is 4.72 Å². The highest BCUT2D eigenvalue weighted by Crippen LogP contribution is 2.29. The van der Waals surface area contributed by atoms with Gasteiger partial charge in [-0.25, -0.2) is 12.8 Å². The Morgan fingerprint density at radius 1 is 1.19 bits per heavy atom. The molecule has 1 heterocycles. The zero-order valence-corrected chi connectivity index (χ0v) is 16.4. The SMILES string of the molecule is Cc1cc(F)ccc1S(=O)(=O)N[C@H](C(=O)N1CCc2ccccc21)C(C)C. The first-order chi connectivity index (χ1) is 12.7. The quantitative estimate of drug-likeness (QED) is 0.853. The number of amides is 1. The molecule has 0 saturated heterocycles. The maximum atomic E-state index is 13.3. The molecule has 3 rings (SSSR count). The molecule has 0 aromatic heterocycles. The van der Waals surface area contributed by atoms with E-state index in [4.69, 9.17) is 0 Å². The van der Waals surface area contributed by atoms with Gasteiger partial charge in [-0.2, -0.15) is 4.72 Å². The molecule has 0 unspecified atom stereocenters. The van der Waals surface area contributed by atoms with Gasteiger partial charge in [0.2, 0.25) is 15.9 Å². The highest BCUT2D eigenvalue weighted by molar-refractivity contribution is 7.89. The minimum Gasteiger partial charge on any atom is -0.310 e. The summed E-state index contributed by atoms with van der Waals surface area (Å²) in [7, 11) is -3.97. The van der Waals surface area contributed by atoms with Crippen molar-refractivity contribution in [2.75, 3.05) is 11.4 Å². The standard InChI is InChI=1S/C20H23FN2O3S/c1-13(2)19(20(24)23-11-10-15-6-4-5-7-17(15)23)22-27(25,26)18-9-8-16(21)12-14(18)3/h4-9,12-13,19,22H,10-11H2,1-3H3/t19-/m0/s1. The lowest BCUT2D eigenvalue weighted by atomic mass is 10.0. The molecule has 1 atom stereocenters. The van der Waals surface area contributed by atoms with Crippen LogP contribution in [-0.4, -0.2) is 26.9 Å². The Morgan fingerprint density at radius 3 is 2.56 bits per heavy atom. The van der Waals surface area contributed by atoms with Crippen molar-refractivity contribution >= 4 is 21.6 Å². The largest absolute Gasteiger partial charge is 0.310 e. The average Bonchev–Trinajstić information content (AvgIpc) is 3.02. The van der Waals surface area contributed by atoms with E-state index < -0.39 is 21.9 Å². The van der Waals surface area contributed by atoms with Gasteiger partial charge in [0.25, 0.3) is 0 Å². The average molecular weight is 390 g/mol. The molecule has 0 bridgehead atoms. The Balaban J connectivity index is 1.89. The van der Waals surface area contributed by atoms with Crippen molar-refractivity contribution in [3.8, 4) is 0 Å². The van der Waals surface area contributed by atoms with Crippen molar-refractivity contribution in [3.05, 3.63) is 59.4 Å². The molecule has 2 aromatic carbocycles. The number of para-hydroxylation sites is 1. The Hall–Kier alpha value is -2.25. The Kier molecular flexibility index (Phi) is 5.35. The number of fused-ring (bicyclic) bond motifs is 1. The fourth-order valence-electron chi connectivity index (χ4n) is 3.35. The maximum Gasteiger partial charge on any atom is 0.245 e. The molecule has 0 saturated carbocycles. The lowest BCUT2D eigenvalue weighted by Crippen LogP contribution is -2.51. The van der Waals surface area contributed by atoms with Crippen LogP contribution in [0.15, 0.2) is 47.4 Å². The number of aryl methyl sites for hydroxylation is 1. The van der Waals surface area contributed by atoms with Crippen LogP contribution in [0.5, 0.6) is 0 Å². The fourth-order valence-corrected chi connectivity index (χ4v) is 4.92. The number of benzene rings is 2. The number of sulfonamides is 1. The van der Waals surface area contributed by atoms with Gasteiger partial charge >= 0.3 is 0 Å². The molecule has 0 fully saturated rings. The van der Waals surface area contributed by atoms with Crippen LogP contribution in [-0.2, 0) is 21.2 Å². The number of nitrogens with zero attached hydrogens (tertiary/aromatic N) is 1. The summed E-state index contributed by atoms with van der Waals surface area (Å²) in [6.45, 7) is 5.65. The predicted octanol–water partition coefficient (Wildman–Crippen LogP) is 3.03. The second-order valence-corrected chi connectivity index (χ2v) is 8.80. The van der Waals surface area contributed by atoms with Crippen molar-refractivity contribution in [1.82, 2.24) is 4.72 Å². The van der Waals surface area contributed by atoms with E-state index in [-0.39, 0.29) is 16.7 Å². The third-order valence-corrected chi connectivity index (χ3v) is 6.40. The Bertz CT molecular complexity index is 973. The van der Waals surface area contributed by atoms with Crippen LogP contribution in [0.4, 0.5) is 10.1 Å². The lowest BCUT2D eigenvalue weighted by Gasteiger charge is -2.27. The highest BCUT2D eigenvalue weighted by Gasteiger charge is 2.35. The number of nitrogens with one attached hydrogen (secondary N) is 1. The predicted molar refractivity (Wildman–Crippen MR) is 103 cm³/mol. The molecule has 2 aromatic rings. The highest BCUT2D eigenvalue weighted by atomic mass is 32.2. The lowest BCUT2D eigenvalue weighted by molar-refractivity contribution is -0.121. The normalized spacial score (nSPS) is 15.1. The first kappa shape index (κ1) is 19.5. The van der Waals surface area contributed by atoms with Gasteiger partial charge in [0.05, 0.1) is 4.90 Å². The van der Waals surface area contributed by atoms with E-state index >= 15 is 0 Å². The molecule has 0 radical (unpaired) electrons. The van der Waals surface area contributed by atoms with Gasteiger partial charge in [-0.05, 0) is 54.7 Å². The zero-order chi connectivity index (χ0) is 19.8. The third-order valence-electron chi connectivity index (χ3n) is 4.79. The van der Waals surface area contributed by atoms with Crippen molar-refractivity contribution in [2.45, 2.75) is 38.1 Å². The second kappa shape index (κ2) is 7.40. The summed E-state index contributed by atoms with van der Waals surface area (Å²) in [5, 5.41) is 0. The Morgan fingerprint density at radius 2 is 1.89 bits per heavy atom. The molecule has 1 aliphatic heterocycles. The molecule has 27 heavy (non-hydrogen) atoms. The number of hydrogen-bond acceptors (Lipinski definition) is 3. The van der Waals surface area contributed by atoms with Gasteiger partial charge in [-0.1, -0.05) is 32.0 Å². The van der Waals surface area contributed by atoms with Crippen LogP contribution in [0.1, 0.15) is 25.0 Å². The van der Waals surface area contributed by atoms with Crippen LogP contribution in [0.3, 0.4) is 0 Å². The van der Waals surface area contributed by atoms with E-state index in [1.807, 2.05) is 24.3 Å². The minimum atomic E-state index is -3.97. The van der Waals surface area contributed by atoms with Crippen LogP contribution < -0.4 is 9.62 Å². The number of carbonyl (C=O) groups excluding carboxylic acids is 1. The van der Waals surface area contributed by atoms with Crippen LogP contribution in [0, 0.1) is 18.7 Å². The van der Waals surface area contributed by atoms with Gasteiger partial charge in [0.1, 0.15) is 11.9 Å². The maximum absolute atomic E-state index is 13.3. The fraction of sp³-hybridized carbons (Fsp3) is 0.350. The van der Waals surface area contributed by atoms with Gasteiger partial charge in [-0.3, -0.25) is 4.79 Å². The monoisotopic (exact) mass is 390 g/mol. The molecule has 0 aliphatic carbocycles. The van der Waals surface area contributed by atoms with Gasteiger partial charge in [-0.15, -0.1) is 0 Å². The molecule has 144 valence electrons. The van der Waals surface area contributed by atoms with Crippen molar-refractivity contribution in [1.29, 1.82) is 0 Å². The first-order valence-corrected chi connectivity index (χ1v) is 10.4. The van der Waals surface area contributed by atoms with Crippen molar-refractivity contribution < 1.29 is 17.6 Å². The molecule has 1 amide bonds. The van der Waals surface area contributed by atoms with E-state index in [0.29, 0.717) is 12.1 Å². The number of hydrogen-bond donors (Lipinski definition) is 1. The van der Waals surface area contributed by atoms with E-state index in [0.717, 1.165) is 29.8 Å². The van der Waals surface area contributed by atoms with E-state index in [9.17, 15) is 17.6 Å². The smallest absolute Gasteiger partial charge is 0.245 e. The van der Waals surface area contributed by atoms with E-state index in [1.165, 1.54) is 13.0 Å². The van der Waals surface area contributed by atoms with Gasteiger partial charge in [0.15, 0.2) is 0 Å². The summed E-state index contributed by atoms with van der Waals surface area (Å²) in [5.41, 5.74) is 2.19. The van der Waals surface area contributed by atoms with Gasteiger partial charge < -0.3 is 4.90 Å². The second-order valence-electron chi connectivity index (χ2n) is 7.12. The summed E-state index contributed by atoms with van der Waals surface area (Å²) >= 11 is 0. The number of carbonyl (C=O) groups is 1. The van der Waals surface area contributed by atoms with Crippen LogP contribution in [0.25, 0.3) is 0 Å². The summed E-state index contributed by atoms with van der Waals surface area (Å²) in [4.78, 5) is 14.8. The summed E-state index contributed by atoms with van der Waals surface area (Å²) in [6, 6.07) is 10.2. The molecule has 1 N–H and O–H groups in total. The number of rotatable bonds is 5. The molecule has 0 spiro atoms. The van der Waals surface area contributed by atoms with Gasteiger partial charge in [0, 0.05) is 12.2 Å². The molecule has 7 heteroatoms. The first-order valence-electron chi connectivity index (χ1n) is 8.88. The Labute approximate surface area is 159 Å². The molecular weight excluding hydrogens is 367 g/mol. The summed E-state index contributed by atoms with van der Waals surface area (Å²) in [6.07, 6.45) is 0.747. The molecular formula is C20H23FN2O3S. The molecule has 1 aliphatic rings. The number of anilines is 1. The van der Waals surface area contributed by atoms with E-state index in [1.54, 1.807) is 18.7 Å². The zero-order valence-electron chi connectivity index (χ0n) is 15.6. The molecule has 5 nitrogen and oxygen atoms in total. The topological polar surface area (TPSA) is 66.5 Å². The third kappa shape index (κ3) is 3.89. The van der Waals surface area contributed by atoms with Crippen molar-refractivity contribution in [3.63, 3.8) is 0 Å². The minimum absolute atomic E-state index is 0.0239.